The Morgan fingerprint density at radius 1 is 1.11 bits per heavy atom. The van der Waals surface area contributed by atoms with Gasteiger partial charge in [0.2, 0.25) is 0 Å². The Kier molecular flexibility index (Phi) is 5.98. The molecular formula is C19H21N5O3. The highest BCUT2D eigenvalue weighted by Crippen LogP contribution is 2.19. The van der Waals surface area contributed by atoms with Crippen LogP contribution in [0.25, 0.3) is 5.69 Å². The highest BCUT2D eigenvalue weighted by atomic mass is 16.5. The minimum Gasteiger partial charge on any atom is -0.494 e. The minimum absolute atomic E-state index is 0.0804. The first-order chi connectivity index (χ1) is 13.2. The molecule has 8 nitrogen and oxygen atoms in total. The van der Waals surface area contributed by atoms with E-state index in [0.29, 0.717) is 18.0 Å². The van der Waals surface area contributed by atoms with Crippen molar-refractivity contribution in [3.63, 3.8) is 0 Å². The number of rotatable bonds is 8. The fraction of sp³-hybridized carbons (Fsp3) is 0.263. The summed E-state index contributed by atoms with van der Waals surface area (Å²) in [6.07, 6.45) is 2.47. The van der Waals surface area contributed by atoms with Gasteiger partial charge in [-0.15, -0.1) is 5.10 Å². The smallest absolute Gasteiger partial charge is 0.262 e. The summed E-state index contributed by atoms with van der Waals surface area (Å²) < 4.78 is 12.6. The summed E-state index contributed by atoms with van der Waals surface area (Å²) in [6, 6.07) is 12.7. The van der Waals surface area contributed by atoms with E-state index in [2.05, 4.69) is 27.8 Å². The number of aromatic nitrogens is 4. The van der Waals surface area contributed by atoms with Crippen LogP contribution in [-0.2, 0) is 4.79 Å². The molecule has 0 aliphatic heterocycles. The standard InChI is InChI=1S/C19H21N5O3/c1-3-10-26-16-5-7-17(8-6-16)27-12-19(25)21-15-4-9-18(14(2)11-15)24-13-20-22-23-24/h4-9,11,13H,3,10,12H2,1-2H3,(H,21,25). The van der Waals surface area contributed by atoms with Crippen molar-refractivity contribution < 1.29 is 14.3 Å². The van der Waals surface area contributed by atoms with Crippen molar-refractivity contribution in [3.8, 4) is 17.2 Å². The van der Waals surface area contributed by atoms with Crippen LogP contribution in [0.5, 0.6) is 11.5 Å². The van der Waals surface area contributed by atoms with Crippen LogP contribution in [0.4, 0.5) is 5.69 Å². The third kappa shape index (κ3) is 5.04. The van der Waals surface area contributed by atoms with Gasteiger partial charge in [-0.25, -0.2) is 4.68 Å². The predicted octanol–water partition coefficient (Wildman–Crippen LogP) is 2.78. The number of nitrogens with one attached hydrogen (secondary N) is 1. The summed E-state index contributed by atoms with van der Waals surface area (Å²) in [5, 5.41) is 13.9. The van der Waals surface area contributed by atoms with Crippen LogP contribution in [0.2, 0.25) is 0 Å². The van der Waals surface area contributed by atoms with Gasteiger partial charge in [0.1, 0.15) is 17.8 Å². The monoisotopic (exact) mass is 367 g/mol. The van der Waals surface area contributed by atoms with E-state index >= 15 is 0 Å². The number of hydrogen-bond donors (Lipinski definition) is 1. The number of hydrogen-bond acceptors (Lipinski definition) is 6. The van der Waals surface area contributed by atoms with Gasteiger partial charge in [-0.05, 0) is 71.8 Å². The van der Waals surface area contributed by atoms with Gasteiger partial charge >= 0.3 is 0 Å². The average Bonchev–Trinajstić information content (AvgIpc) is 3.20. The zero-order valence-corrected chi connectivity index (χ0v) is 15.3. The number of ether oxygens (including phenoxy) is 2. The van der Waals surface area contributed by atoms with E-state index in [1.165, 1.54) is 6.33 Å². The van der Waals surface area contributed by atoms with E-state index in [1.807, 2.05) is 31.2 Å². The van der Waals surface area contributed by atoms with Gasteiger partial charge < -0.3 is 14.8 Å². The second kappa shape index (κ2) is 8.79. The number of aryl methyl sites for hydroxylation is 1. The Morgan fingerprint density at radius 3 is 2.48 bits per heavy atom. The fourth-order valence-electron chi connectivity index (χ4n) is 2.46. The highest BCUT2D eigenvalue weighted by Gasteiger charge is 2.07. The molecule has 0 aliphatic rings. The van der Waals surface area contributed by atoms with Gasteiger partial charge in [0.05, 0.1) is 12.3 Å². The minimum atomic E-state index is -0.240. The summed E-state index contributed by atoms with van der Waals surface area (Å²) >= 11 is 0. The quantitative estimate of drug-likeness (QED) is 0.658. The van der Waals surface area contributed by atoms with Gasteiger partial charge in [-0.1, -0.05) is 6.92 Å². The van der Waals surface area contributed by atoms with Crippen molar-refractivity contribution in [2.45, 2.75) is 20.3 Å². The molecule has 1 amide bonds. The third-order valence-corrected chi connectivity index (χ3v) is 3.74. The zero-order chi connectivity index (χ0) is 19.1. The maximum atomic E-state index is 12.1. The topological polar surface area (TPSA) is 91.2 Å². The van der Waals surface area contributed by atoms with Crippen LogP contribution in [0.1, 0.15) is 18.9 Å². The maximum Gasteiger partial charge on any atom is 0.262 e. The molecule has 0 saturated carbocycles. The molecule has 1 aromatic heterocycles. The van der Waals surface area contributed by atoms with Crippen molar-refractivity contribution in [1.29, 1.82) is 0 Å². The van der Waals surface area contributed by atoms with Crippen LogP contribution in [0, 0.1) is 6.92 Å². The lowest BCUT2D eigenvalue weighted by molar-refractivity contribution is -0.118. The van der Waals surface area contributed by atoms with Crippen molar-refractivity contribution >= 4 is 11.6 Å². The first kappa shape index (κ1) is 18.4. The first-order valence-corrected chi connectivity index (χ1v) is 8.65. The summed E-state index contributed by atoms with van der Waals surface area (Å²) in [6.45, 7) is 4.57. The molecule has 8 heteroatoms. The molecule has 0 aliphatic carbocycles. The third-order valence-electron chi connectivity index (χ3n) is 3.74. The van der Waals surface area contributed by atoms with Crippen molar-refractivity contribution in [1.82, 2.24) is 20.2 Å². The Morgan fingerprint density at radius 2 is 1.85 bits per heavy atom. The maximum absolute atomic E-state index is 12.1. The fourth-order valence-corrected chi connectivity index (χ4v) is 2.46. The highest BCUT2D eigenvalue weighted by molar-refractivity contribution is 5.92. The van der Waals surface area contributed by atoms with Crippen molar-refractivity contribution in [3.05, 3.63) is 54.4 Å². The SMILES string of the molecule is CCCOc1ccc(OCC(=O)Nc2ccc(-n3cnnn3)c(C)c2)cc1. The molecular weight excluding hydrogens is 346 g/mol. The normalized spacial score (nSPS) is 10.4. The summed E-state index contributed by atoms with van der Waals surface area (Å²) in [5.41, 5.74) is 2.46. The van der Waals surface area contributed by atoms with E-state index in [4.69, 9.17) is 9.47 Å². The van der Waals surface area contributed by atoms with Crippen molar-refractivity contribution in [2.75, 3.05) is 18.5 Å². The Hall–Kier alpha value is -3.42. The van der Waals surface area contributed by atoms with E-state index in [1.54, 1.807) is 22.9 Å². The average molecular weight is 367 g/mol. The molecule has 0 radical (unpaired) electrons. The molecule has 0 fully saturated rings. The molecule has 0 spiro atoms. The lowest BCUT2D eigenvalue weighted by atomic mass is 10.2. The number of amides is 1. The number of carbonyl (C=O) groups is 1. The molecule has 140 valence electrons. The van der Waals surface area contributed by atoms with Gasteiger partial charge in [0.15, 0.2) is 6.61 Å². The molecule has 3 aromatic rings. The molecule has 0 unspecified atom stereocenters. The summed E-state index contributed by atoms with van der Waals surface area (Å²) in [4.78, 5) is 12.1. The van der Waals surface area contributed by atoms with Crippen LogP contribution in [0.3, 0.4) is 0 Å². The van der Waals surface area contributed by atoms with Gasteiger partial charge in [-0.2, -0.15) is 0 Å². The number of anilines is 1. The van der Waals surface area contributed by atoms with E-state index in [-0.39, 0.29) is 12.5 Å². The van der Waals surface area contributed by atoms with Crippen molar-refractivity contribution in [2.24, 2.45) is 0 Å². The summed E-state index contributed by atoms with van der Waals surface area (Å²) in [7, 11) is 0. The molecule has 3 rings (SSSR count). The second-order valence-electron chi connectivity index (χ2n) is 5.91. The first-order valence-electron chi connectivity index (χ1n) is 8.65. The number of tetrazole rings is 1. The Balaban J connectivity index is 1.52. The molecule has 1 N–H and O–H groups in total. The Labute approximate surface area is 157 Å². The molecule has 27 heavy (non-hydrogen) atoms. The van der Waals surface area contributed by atoms with E-state index in [9.17, 15) is 4.79 Å². The summed E-state index contributed by atoms with van der Waals surface area (Å²) in [5.74, 6) is 1.15. The van der Waals surface area contributed by atoms with Crippen LogP contribution >= 0.6 is 0 Å². The van der Waals surface area contributed by atoms with Crippen LogP contribution < -0.4 is 14.8 Å². The van der Waals surface area contributed by atoms with Crippen LogP contribution in [0.15, 0.2) is 48.8 Å². The molecule has 0 atom stereocenters. The molecule has 0 saturated heterocycles. The Bertz CT molecular complexity index is 879. The van der Waals surface area contributed by atoms with Crippen LogP contribution in [-0.4, -0.2) is 39.3 Å². The lowest BCUT2D eigenvalue weighted by Gasteiger charge is -2.10. The number of benzene rings is 2. The largest absolute Gasteiger partial charge is 0.494 e. The van der Waals surface area contributed by atoms with Gasteiger partial charge in [-0.3, -0.25) is 4.79 Å². The lowest BCUT2D eigenvalue weighted by Crippen LogP contribution is -2.20. The van der Waals surface area contributed by atoms with E-state index < -0.39 is 0 Å². The number of nitrogens with zero attached hydrogens (tertiary/aromatic N) is 4. The molecule has 1 heterocycles. The van der Waals surface area contributed by atoms with E-state index in [0.717, 1.165) is 23.4 Å². The number of carbonyl (C=O) groups excluding carboxylic acids is 1. The van der Waals surface area contributed by atoms with Gasteiger partial charge in [0, 0.05) is 5.69 Å². The second-order valence-corrected chi connectivity index (χ2v) is 5.91. The molecule has 0 bridgehead atoms. The zero-order valence-electron chi connectivity index (χ0n) is 15.3. The predicted molar refractivity (Wildman–Crippen MR) is 100 cm³/mol. The van der Waals surface area contributed by atoms with Gasteiger partial charge in [0.25, 0.3) is 5.91 Å². The molecule has 2 aromatic carbocycles.